The Morgan fingerprint density at radius 3 is 2.38 bits per heavy atom. The maximum absolute atomic E-state index is 12.9. The van der Waals surface area contributed by atoms with Gasteiger partial charge in [-0.15, -0.1) is 13.2 Å². The summed E-state index contributed by atoms with van der Waals surface area (Å²) in [6.45, 7) is 0. The van der Waals surface area contributed by atoms with Crippen molar-refractivity contribution in [3.05, 3.63) is 32.5 Å². The Labute approximate surface area is 94.1 Å². The summed E-state index contributed by atoms with van der Waals surface area (Å²) in [7, 11) is 0. The van der Waals surface area contributed by atoms with Crippen LogP contribution in [0.1, 0.15) is 0 Å². The zero-order chi connectivity index (χ0) is 12.5. The average molecular weight is 304 g/mol. The summed E-state index contributed by atoms with van der Waals surface area (Å²) in [4.78, 5) is 9.21. The number of nitrogens with zero attached hydrogens (tertiary/aromatic N) is 1. The molecule has 1 aromatic carbocycles. The maximum atomic E-state index is 12.9. The van der Waals surface area contributed by atoms with Crippen molar-refractivity contribution < 1.29 is 27.2 Å². The van der Waals surface area contributed by atoms with Crippen LogP contribution in [0, 0.1) is 15.9 Å². The van der Waals surface area contributed by atoms with Gasteiger partial charge in [0.1, 0.15) is 4.47 Å². The lowest BCUT2D eigenvalue weighted by atomic mass is 10.3. The van der Waals surface area contributed by atoms with E-state index < -0.39 is 33.0 Å². The fraction of sp³-hybridized carbons (Fsp3) is 0.143. The van der Waals surface area contributed by atoms with Crippen molar-refractivity contribution in [3.8, 4) is 5.75 Å². The van der Waals surface area contributed by atoms with Gasteiger partial charge < -0.3 is 4.74 Å². The quantitative estimate of drug-likeness (QED) is 0.478. The van der Waals surface area contributed by atoms with Gasteiger partial charge in [0.15, 0.2) is 5.75 Å². The van der Waals surface area contributed by atoms with Crippen LogP contribution in [-0.2, 0) is 0 Å². The summed E-state index contributed by atoms with van der Waals surface area (Å²) >= 11 is 2.48. The summed E-state index contributed by atoms with van der Waals surface area (Å²) in [6, 6.07) is 1.16. The molecule has 0 heterocycles. The van der Waals surface area contributed by atoms with E-state index in [9.17, 15) is 27.7 Å². The molecule has 1 rings (SSSR count). The van der Waals surface area contributed by atoms with Crippen molar-refractivity contribution in [2.45, 2.75) is 6.36 Å². The smallest absolute Gasteiger partial charge is 0.404 e. The molecule has 0 aliphatic carbocycles. The second-order valence-corrected chi connectivity index (χ2v) is 3.31. The van der Waals surface area contributed by atoms with Crippen molar-refractivity contribution >= 4 is 21.6 Å². The Bertz CT molecular complexity index is 434. The molecular formula is C7H2BrF4NO3. The van der Waals surface area contributed by atoms with Crippen LogP contribution in [0.3, 0.4) is 0 Å². The number of benzene rings is 1. The first kappa shape index (κ1) is 12.7. The van der Waals surface area contributed by atoms with Crippen LogP contribution >= 0.6 is 15.9 Å². The first-order valence-corrected chi connectivity index (χ1v) is 4.40. The highest BCUT2D eigenvalue weighted by Crippen LogP contribution is 2.38. The second-order valence-electron chi connectivity index (χ2n) is 2.51. The van der Waals surface area contributed by atoms with E-state index in [0.717, 1.165) is 0 Å². The fourth-order valence-corrected chi connectivity index (χ4v) is 1.44. The Morgan fingerprint density at radius 1 is 1.38 bits per heavy atom. The monoisotopic (exact) mass is 303 g/mol. The lowest BCUT2D eigenvalue weighted by molar-refractivity contribution is -0.388. The normalized spacial score (nSPS) is 11.3. The highest BCUT2D eigenvalue weighted by molar-refractivity contribution is 9.10. The van der Waals surface area contributed by atoms with Crippen LogP contribution < -0.4 is 4.74 Å². The molecule has 16 heavy (non-hydrogen) atoms. The Hall–Kier alpha value is -1.38. The van der Waals surface area contributed by atoms with E-state index in [0.29, 0.717) is 12.1 Å². The van der Waals surface area contributed by atoms with Crippen LogP contribution in [0.2, 0.25) is 0 Å². The molecule has 0 aromatic heterocycles. The summed E-state index contributed by atoms with van der Waals surface area (Å²) in [6.07, 6.45) is -5.01. The third-order valence-electron chi connectivity index (χ3n) is 1.44. The molecule has 88 valence electrons. The third-order valence-corrected chi connectivity index (χ3v) is 2.21. The number of rotatable bonds is 2. The van der Waals surface area contributed by atoms with Gasteiger partial charge in [-0.2, -0.15) is 4.39 Å². The molecule has 0 N–H and O–H groups in total. The molecule has 0 amide bonds. The lowest BCUT2D eigenvalue weighted by Gasteiger charge is -2.10. The van der Waals surface area contributed by atoms with Crippen molar-refractivity contribution in [3.63, 3.8) is 0 Å². The Morgan fingerprint density at radius 2 is 1.94 bits per heavy atom. The predicted molar refractivity (Wildman–Crippen MR) is 47.4 cm³/mol. The average Bonchev–Trinajstić information content (AvgIpc) is 2.07. The molecule has 1 aromatic rings. The van der Waals surface area contributed by atoms with E-state index in [1.165, 1.54) is 0 Å². The molecule has 0 saturated carbocycles. The van der Waals surface area contributed by atoms with Gasteiger partial charge in [0.2, 0.25) is 5.82 Å². The van der Waals surface area contributed by atoms with Crippen molar-refractivity contribution in [2.75, 3.05) is 0 Å². The highest BCUT2D eigenvalue weighted by Gasteiger charge is 2.34. The zero-order valence-electron chi connectivity index (χ0n) is 7.22. The van der Waals surface area contributed by atoms with E-state index in [1.807, 2.05) is 0 Å². The van der Waals surface area contributed by atoms with Gasteiger partial charge in [-0.3, -0.25) is 10.1 Å². The lowest BCUT2D eigenvalue weighted by Crippen LogP contribution is -2.17. The molecule has 9 heteroatoms. The minimum atomic E-state index is -5.01. The summed E-state index contributed by atoms with van der Waals surface area (Å²) in [5.41, 5.74) is -1.11. The number of halogens is 5. The van der Waals surface area contributed by atoms with Crippen LogP contribution in [0.5, 0.6) is 5.75 Å². The van der Waals surface area contributed by atoms with Crippen LogP contribution in [-0.4, -0.2) is 11.3 Å². The fourth-order valence-electron chi connectivity index (χ4n) is 0.893. The number of ether oxygens (including phenoxy) is 1. The van der Waals surface area contributed by atoms with Gasteiger partial charge in [-0.25, -0.2) is 0 Å². The van der Waals surface area contributed by atoms with Crippen LogP contribution in [0.25, 0.3) is 0 Å². The van der Waals surface area contributed by atoms with E-state index >= 15 is 0 Å². The molecule has 0 saturated heterocycles. The minimum absolute atomic E-state index is 0.518. The van der Waals surface area contributed by atoms with E-state index in [2.05, 4.69) is 20.7 Å². The van der Waals surface area contributed by atoms with Gasteiger partial charge >= 0.3 is 12.0 Å². The van der Waals surface area contributed by atoms with Crippen molar-refractivity contribution in [1.29, 1.82) is 0 Å². The molecular weight excluding hydrogens is 302 g/mol. The number of nitro groups is 1. The third kappa shape index (κ3) is 2.81. The molecule has 0 fully saturated rings. The van der Waals surface area contributed by atoms with E-state index in [-0.39, 0.29) is 0 Å². The van der Waals surface area contributed by atoms with Gasteiger partial charge in [-0.05, 0) is 28.1 Å². The van der Waals surface area contributed by atoms with Crippen molar-refractivity contribution in [2.24, 2.45) is 0 Å². The first-order chi connectivity index (χ1) is 7.22. The largest absolute Gasteiger partial charge is 0.573 e. The van der Waals surface area contributed by atoms with Gasteiger partial charge in [0, 0.05) is 0 Å². The summed E-state index contributed by atoms with van der Waals surface area (Å²) in [5, 5.41) is 10.4. The minimum Gasteiger partial charge on any atom is -0.404 e. The predicted octanol–water partition coefficient (Wildman–Crippen LogP) is 3.39. The molecule has 0 radical (unpaired) electrons. The molecule has 0 bridgehead atoms. The Balaban J connectivity index is 3.24. The van der Waals surface area contributed by atoms with Crippen molar-refractivity contribution in [1.82, 2.24) is 0 Å². The number of alkyl halides is 3. The molecule has 0 unspecified atom stereocenters. The summed E-state index contributed by atoms with van der Waals surface area (Å²) < 4.78 is 51.2. The summed E-state index contributed by atoms with van der Waals surface area (Å²) in [5.74, 6) is -2.13. The number of hydrogen-bond acceptors (Lipinski definition) is 3. The van der Waals surface area contributed by atoms with E-state index in [1.54, 1.807) is 0 Å². The van der Waals surface area contributed by atoms with Crippen LogP contribution in [0.4, 0.5) is 23.2 Å². The van der Waals surface area contributed by atoms with Gasteiger partial charge in [0.05, 0.1) is 4.92 Å². The maximum Gasteiger partial charge on any atom is 0.573 e. The highest BCUT2D eigenvalue weighted by atomic mass is 79.9. The second kappa shape index (κ2) is 4.24. The molecule has 0 aliphatic rings. The number of hydrogen-bond donors (Lipinski definition) is 0. The Kier molecular flexibility index (Phi) is 3.36. The standard InChI is InChI=1S/C7H2BrF4NO3/c8-5-4(16-7(10,11)12)2-1-3(9)6(5)13(14)15/h1-2H. The van der Waals surface area contributed by atoms with Gasteiger partial charge in [0.25, 0.3) is 0 Å². The molecule has 0 spiro atoms. The topological polar surface area (TPSA) is 52.4 Å². The molecule has 0 atom stereocenters. The SMILES string of the molecule is O=[N+]([O-])c1c(F)ccc(OC(F)(F)F)c1Br. The zero-order valence-corrected chi connectivity index (χ0v) is 8.80. The van der Waals surface area contributed by atoms with E-state index in [4.69, 9.17) is 0 Å². The van der Waals surface area contributed by atoms with Gasteiger partial charge in [-0.1, -0.05) is 0 Å². The first-order valence-electron chi connectivity index (χ1n) is 3.60. The molecule has 4 nitrogen and oxygen atoms in total. The number of nitro benzene ring substituents is 1. The van der Waals surface area contributed by atoms with Crippen LogP contribution in [0.15, 0.2) is 16.6 Å². The molecule has 0 aliphatic heterocycles.